The molecule has 21 heavy (non-hydrogen) atoms. The molecule has 2 rings (SSSR count). The summed E-state index contributed by atoms with van der Waals surface area (Å²) in [6.45, 7) is 2.98. The minimum Gasteiger partial charge on any atom is -0.445 e. The highest BCUT2D eigenvalue weighted by atomic mass is 16.6. The van der Waals surface area contributed by atoms with Gasteiger partial charge in [0.1, 0.15) is 5.75 Å². The van der Waals surface area contributed by atoms with Crippen molar-refractivity contribution in [1.29, 1.82) is 0 Å². The zero-order valence-electron chi connectivity index (χ0n) is 11.7. The molecule has 1 atom stereocenters. The van der Waals surface area contributed by atoms with E-state index in [-0.39, 0.29) is 23.3 Å². The molecule has 0 fully saturated rings. The Bertz CT molecular complexity index is 631. The third kappa shape index (κ3) is 2.84. The van der Waals surface area contributed by atoms with Gasteiger partial charge in [-0.15, -0.1) is 0 Å². The number of carbonyl (C=O) groups is 4. The Morgan fingerprint density at radius 1 is 1.19 bits per heavy atom. The Morgan fingerprint density at radius 3 is 2.52 bits per heavy atom. The molecule has 0 N–H and O–H groups in total. The first-order chi connectivity index (χ1) is 9.95. The van der Waals surface area contributed by atoms with Crippen LogP contribution in [0.2, 0.25) is 0 Å². The molecule has 0 spiro atoms. The number of esters is 2. The van der Waals surface area contributed by atoms with Crippen LogP contribution in [0.3, 0.4) is 0 Å². The molecule has 0 heterocycles. The van der Waals surface area contributed by atoms with Crippen LogP contribution < -0.4 is 4.74 Å². The van der Waals surface area contributed by atoms with E-state index in [0.29, 0.717) is 6.42 Å². The Morgan fingerprint density at radius 2 is 1.90 bits per heavy atom. The summed E-state index contributed by atoms with van der Waals surface area (Å²) >= 11 is 0. The van der Waals surface area contributed by atoms with E-state index in [2.05, 4.69) is 0 Å². The minimum absolute atomic E-state index is 0.00684. The van der Waals surface area contributed by atoms with Crippen molar-refractivity contribution in [3.63, 3.8) is 0 Å². The van der Waals surface area contributed by atoms with Crippen LogP contribution in [0.5, 0.6) is 5.75 Å². The van der Waals surface area contributed by atoms with Gasteiger partial charge in [-0.1, -0.05) is 19.1 Å². The molecule has 1 aliphatic carbocycles. The molecule has 1 aromatic rings. The van der Waals surface area contributed by atoms with Gasteiger partial charge in [-0.25, -0.2) is 0 Å². The van der Waals surface area contributed by atoms with Gasteiger partial charge < -0.3 is 9.47 Å². The summed E-state index contributed by atoms with van der Waals surface area (Å²) in [7, 11) is 0. The maximum atomic E-state index is 12.3. The fourth-order valence-corrected chi connectivity index (χ4v) is 2.12. The monoisotopic (exact) mass is 290 g/mol. The van der Waals surface area contributed by atoms with E-state index in [1.165, 1.54) is 25.1 Å². The third-order valence-electron chi connectivity index (χ3n) is 2.97. The SMILES string of the molecule is CCCC(=O)OC1C(=O)c2cccc(OC(C)=O)c2C1=O. The lowest BCUT2D eigenvalue weighted by atomic mass is 10.1. The summed E-state index contributed by atoms with van der Waals surface area (Å²) in [6.07, 6.45) is -0.792. The van der Waals surface area contributed by atoms with Crippen molar-refractivity contribution in [3.05, 3.63) is 29.3 Å². The molecule has 6 heteroatoms. The number of carbonyl (C=O) groups excluding carboxylic acids is 4. The van der Waals surface area contributed by atoms with Gasteiger partial charge in [-0.2, -0.15) is 0 Å². The van der Waals surface area contributed by atoms with E-state index < -0.39 is 29.6 Å². The van der Waals surface area contributed by atoms with Gasteiger partial charge in [0.25, 0.3) is 0 Å². The van der Waals surface area contributed by atoms with E-state index in [0.717, 1.165) is 0 Å². The predicted octanol–water partition coefficient (Wildman–Crippen LogP) is 1.70. The standard InChI is InChI=1S/C15H14O6/c1-3-5-11(17)21-15-13(18)9-6-4-7-10(20-8(2)16)12(9)14(15)19/h4,6-7,15H,3,5H2,1-2H3. The number of hydrogen-bond donors (Lipinski definition) is 0. The molecule has 0 aliphatic heterocycles. The molecular weight excluding hydrogens is 276 g/mol. The molecule has 0 aromatic heterocycles. The lowest BCUT2D eigenvalue weighted by molar-refractivity contribution is -0.145. The van der Waals surface area contributed by atoms with Crippen molar-refractivity contribution in [3.8, 4) is 5.75 Å². The summed E-state index contributed by atoms with van der Waals surface area (Å²) in [5.41, 5.74) is 0.0973. The fraction of sp³-hybridized carbons (Fsp3) is 0.333. The maximum absolute atomic E-state index is 12.3. The first kappa shape index (κ1) is 14.9. The number of ether oxygens (including phenoxy) is 2. The van der Waals surface area contributed by atoms with Gasteiger partial charge in [-0.05, 0) is 12.5 Å². The smallest absolute Gasteiger partial charge is 0.308 e. The van der Waals surface area contributed by atoms with Gasteiger partial charge in [0.15, 0.2) is 0 Å². The second-order valence-electron chi connectivity index (χ2n) is 4.62. The summed E-state index contributed by atoms with van der Waals surface area (Å²) in [5, 5.41) is 0. The Hall–Kier alpha value is -2.50. The lowest BCUT2D eigenvalue weighted by Crippen LogP contribution is -2.28. The van der Waals surface area contributed by atoms with Gasteiger partial charge in [0.05, 0.1) is 5.56 Å². The molecule has 0 bridgehead atoms. The van der Waals surface area contributed by atoms with Crippen LogP contribution >= 0.6 is 0 Å². The number of ketones is 2. The molecule has 1 unspecified atom stereocenters. The number of rotatable bonds is 4. The van der Waals surface area contributed by atoms with Gasteiger partial charge in [-0.3, -0.25) is 19.2 Å². The molecule has 0 saturated heterocycles. The van der Waals surface area contributed by atoms with Crippen molar-refractivity contribution in [1.82, 2.24) is 0 Å². The zero-order valence-corrected chi connectivity index (χ0v) is 11.7. The minimum atomic E-state index is -1.48. The lowest BCUT2D eigenvalue weighted by Gasteiger charge is -2.08. The van der Waals surface area contributed by atoms with E-state index in [4.69, 9.17) is 9.47 Å². The summed E-state index contributed by atoms with van der Waals surface area (Å²) < 4.78 is 9.86. The molecular formula is C15H14O6. The molecule has 110 valence electrons. The molecule has 0 radical (unpaired) electrons. The third-order valence-corrected chi connectivity index (χ3v) is 2.97. The van der Waals surface area contributed by atoms with Gasteiger partial charge in [0, 0.05) is 18.9 Å². The largest absolute Gasteiger partial charge is 0.445 e. The summed E-state index contributed by atoms with van der Waals surface area (Å²) in [6, 6.07) is 4.36. The molecule has 1 aromatic carbocycles. The zero-order chi connectivity index (χ0) is 15.6. The Labute approximate surface area is 121 Å². The van der Waals surface area contributed by atoms with Crippen molar-refractivity contribution in [2.24, 2.45) is 0 Å². The first-order valence-electron chi connectivity index (χ1n) is 6.55. The molecule has 0 saturated carbocycles. The first-order valence-corrected chi connectivity index (χ1v) is 6.55. The highest BCUT2D eigenvalue weighted by Gasteiger charge is 2.43. The number of hydrogen-bond acceptors (Lipinski definition) is 6. The van der Waals surface area contributed by atoms with Crippen molar-refractivity contribution in [2.45, 2.75) is 32.8 Å². The van der Waals surface area contributed by atoms with E-state index in [1.54, 1.807) is 6.92 Å². The van der Waals surface area contributed by atoms with E-state index >= 15 is 0 Å². The predicted molar refractivity (Wildman–Crippen MR) is 71.2 cm³/mol. The highest BCUT2D eigenvalue weighted by molar-refractivity contribution is 6.30. The topological polar surface area (TPSA) is 86.7 Å². The second kappa shape index (κ2) is 5.87. The summed E-state index contributed by atoms with van der Waals surface area (Å²) in [4.78, 5) is 46.9. The maximum Gasteiger partial charge on any atom is 0.308 e. The normalized spacial score (nSPS) is 16.6. The average molecular weight is 290 g/mol. The number of Topliss-reactive ketones (excluding diaryl/α,β-unsaturated/α-hetero) is 2. The van der Waals surface area contributed by atoms with Crippen LogP contribution in [0.1, 0.15) is 47.4 Å². The van der Waals surface area contributed by atoms with Gasteiger partial charge >= 0.3 is 11.9 Å². The van der Waals surface area contributed by atoms with E-state index in [9.17, 15) is 19.2 Å². The van der Waals surface area contributed by atoms with E-state index in [1.807, 2.05) is 0 Å². The van der Waals surface area contributed by atoms with Gasteiger partial charge in [0.2, 0.25) is 17.7 Å². The average Bonchev–Trinajstić information content (AvgIpc) is 2.65. The Kier molecular flexibility index (Phi) is 4.16. The molecule has 1 aliphatic rings. The van der Waals surface area contributed by atoms with Crippen molar-refractivity contribution < 1.29 is 28.7 Å². The molecule has 0 amide bonds. The van der Waals surface area contributed by atoms with Crippen LogP contribution in [0, 0.1) is 0 Å². The van der Waals surface area contributed by atoms with Crippen molar-refractivity contribution in [2.75, 3.05) is 0 Å². The van der Waals surface area contributed by atoms with Crippen molar-refractivity contribution >= 4 is 23.5 Å². The second-order valence-corrected chi connectivity index (χ2v) is 4.62. The van der Waals surface area contributed by atoms with Crippen LogP contribution in [-0.2, 0) is 14.3 Å². The van der Waals surface area contributed by atoms with Crippen LogP contribution in [0.25, 0.3) is 0 Å². The van der Waals surface area contributed by atoms with Crippen LogP contribution in [0.4, 0.5) is 0 Å². The Balaban J connectivity index is 2.33. The van der Waals surface area contributed by atoms with Crippen LogP contribution in [-0.4, -0.2) is 29.6 Å². The molecule has 6 nitrogen and oxygen atoms in total. The summed E-state index contributed by atoms with van der Waals surface area (Å²) in [5.74, 6) is -2.45. The number of benzene rings is 1. The number of fused-ring (bicyclic) bond motifs is 1. The van der Waals surface area contributed by atoms with Crippen LogP contribution in [0.15, 0.2) is 18.2 Å². The highest BCUT2D eigenvalue weighted by Crippen LogP contribution is 2.32. The quantitative estimate of drug-likeness (QED) is 0.476. The fourth-order valence-electron chi connectivity index (χ4n) is 2.12.